The van der Waals surface area contributed by atoms with E-state index >= 15 is 0 Å². The normalized spacial score (nSPS) is 14.5. The molecule has 3 atom stereocenters. The van der Waals surface area contributed by atoms with Gasteiger partial charge in [0.25, 0.3) is 0 Å². The fourth-order valence-electron chi connectivity index (χ4n) is 22.9. The molecule has 1 aromatic heterocycles. The van der Waals surface area contributed by atoms with Crippen LogP contribution in [0.4, 0.5) is 51.2 Å². The van der Waals surface area contributed by atoms with Crippen molar-refractivity contribution >= 4 is 51.2 Å². The van der Waals surface area contributed by atoms with Crippen LogP contribution in [0, 0.1) is 6.92 Å². The molecule has 0 radical (unpaired) electrons. The molecule has 0 spiro atoms. The first-order chi connectivity index (χ1) is 72.6. The number of rotatable bonds is 20. The summed E-state index contributed by atoms with van der Waals surface area (Å²) in [6, 6.07) is 209. The minimum atomic E-state index is -0.576. The molecule has 4 nitrogen and oxygen atoms in total. The van der Waals surface area contributed by atoms with E-state index in [1.165, 1.54) is 161 Å². The summed E-state index contributed by atoms with van der Waals surface area (Å²) >= 11 is 0. The zero-order chi connectivity index (χ0) is 98.6. The SMILES string of the molecule is C.CC1(c2ccccc2)c2ccccc2-c2cc(N(c3ccc(-c4ccccc4)cc3)c3ccc(-c4ccccc4)cc3)ccc21.CC1(c2ccccc2)c2ccccc2-c2cc(N(c3ccc(-c4ccccc4)cc3)c3cccc(-c4ccccc4)c3)ccc21.Cc1ccc(C2(c3ccccc3)c3cc(-c4cccnc4)ccc3-c3c(N(c4ccc(-c5ccccc5)cc4)c4ccc(-c5ccccc5)cc4)cccc32)cc1. The first kappa shape index (κ1) is 93.1. The van der Waals surface area contributed by atoms with Crippen LogP contribution < -0.4 is 14.7 Å². The lowest BCUT2D eigenvalue weighted by Gasteiger charge is -2.35. The Morgan fingerprint density at radius 2 is 0.459 bits per heavy atom. The van der Waals surface area contributed by atoms with Crippen molar-refractivity contribution in [2.45, 2.75) is 44.4 Å². The molecule has 0 saturated carbocycles. The molecule has 26 rings (SSSR count). The molecule has 0 N–H and O–H groups in total. The number of pyridine rings is 1. The molecule has 23 aromatic rings. The van der Waals surface area contributed by atoms with E-state index in [4.69, 9.17) is 0 Å². The van der Waals surface area contributed by atoms with E-state index in [9.17, 15) is 0 Å². The maximum Gasteiger partial charge on any atom is 0.0714 e. The monoisotopic (exact) mass is 1890 g/mol. The van der Waals surface area contributed by atoms with Gasteiger partial charge in [0.05, 0.1) is 11.1 Å². The quantitative estimate of drug-likeness (QED) is 0.0758. The van der Waals surface area contributed by atoms with Crippen molar-refractivity contribution in [3.05, 3.63) is 650 Å². The van der Waals surface area contributed by atoms with E-state index in [2.05, 4.69) is 611 Å². The summed E-state index contributed by atoms with van der Waals surface area (Å²) in [5, 5.41) is 0. The van der Waals surface area contributed by atoms with Gasteiger partial charge in [0.2, 0.25) is 0 Å². The molecule has 1 heterocycles. The van der Waals surface area contributed by atoms with Gasteiger partial charge in [-0.05, 0) is 297 Å². The Bertz CT molecular complexity index is 8410. The van der Waals surface area contributed by atoms with Crippen molar-refractivity contribution in [1.82, 2.24) is 4.98 Å². The second-order valence-electron chi connectivity index (χ2n) is 38.7. The van der Waals surface area contributed by atoms with Crippen molar-refractivity contribution in [1.29, 1.82) is 0 Å². The summed E-state index contributed by atoms with van der Waals surface area (Å²) in [6.45, 7) is 6.91. The van der Waals surface area contributed by atoms with Crippen LogP contribution >= 0.6 is 0 Å². The molecule has 0 aliphatic heterocycles. The van der Waals surface area contributed by atoms with Crippen molar-refractivity contribution in [2.24, 2.45) is 0 Å². The summed E-state index contributed by atoms with van der Waals surface area (Å²) in [5.41, 5.74) is 47.7. The third-order valence-electron chi connectivity index (χ3n) is 30.3. The van der Waals surface area contributed by atoms with E-state index in [0.717, 1.165) is 62.3 Å². The van der Waals surface area contributed by atoms with Gasteiger partial charge in [0.15, 0.2) is 0 Å². The zero-order valence-corrected chi connectivity index (χ0v) is 82.3. The summed E-state index contributed by atoms with van der Waals surface area (Å²) < 4.78 is 0. The third-order valence-corrected chi connectivity index (χ3v) is 30.3. The topological polar surface area (TPSA) is 22.6 Å². The number of nitrogens with zero attached hydrogens (tertiary/aromatic N) is 4. The highest BCUT2D eigenvalue weighted by Gasteiger charge is 2.49. The number of aromatic nitrogens is 1. The van der Waals surface area contributed by atoms with Gasteiger partial charge in [-0.3, -0.25) is 4.98 Å². The molecule has 3 aliphatic carbocycles. The van der Waals surface area contributed by atoms with Crippen LogP contribution in [0.15, 0.2) is 589 Å². The Labute approximate surface area is 870 Å². The predicted molar refractivity (Wildman–Crippen MR) is 623 cm³/mol. The average Bonchev–Trinajstić information content (AvgIpc) is 1.53. The Morgan fingerprint density at radius 3 is 0.851 bits per heavy atom. The summed E-state index contributed by atoms with van der Waals surface area (Å²) in [7, 11) is 0. The molecule has 3 aliphatic rings. The zero-order valence-electron chi connectivity index (χ0n) is 82.3. The first-order valence-electron chi connectivity index (χ1n) is 50.8. The molecule has 148 heavy (non-hydrogen) atoms. The lowest BCUT2D eigenvalue weighted by Crippen LogP contribution is -2.28. The maximum absolute atomic E-state index is 4.51. The van der Waals surface area contributed by atoms with Gasteiger partial charge in [0.1, 0.15) is 0 Å². The minimum Gasteiger partial charge on any atom is -0.310 e. The molecule has 3 unspecified atom stereocenters. The molecular formula is C144H110N4. The highest BCUT2D eigenvalue weighted by atomic mass is 15.2. The highest BCUT2D eigenvalue weighted by Crippen LogP contribution is 2.62. The number of aryl methyl sites for hydroxylation is 1. The van der Waals surface area contributed by atoms with Gasteiger partial charge >= 0.3 is 0 Å². The molecule has 0 amide bonds. The Kier molecular flexibility index (Phi) is 25.6. The fourth-order valence-corrected chi connectivity index (χ4v) is 22.9. The van der Waals surface area contributed by atoms with Crippen molar-refractivity contribution in [3.63, 3.8) is 0 Å². The number of hydrogen-bond donors (Lipinski definition) is 0. The van der Waals surface area contributed by atoms with E-state index in [0.29, 0.717) is 0 Å². The van der Waals surface area contributed by atoms with Crippen LogP contribution in [-0.2, 0) is 16.2 Å². The summed E-state index contributed by atoms with van der Waals surface area (Å²) in [4.78, 5) is 11.7. The summed E-state index contributed by atoms with van der Waals surface area (Å²) in [5.74, 6) is 0. The van der Waals surface area contributed by atoms with Crippen LogP contribution in [0.2, 0.25) is 0 Å². The van der Waals surface area contributed by atoms with Gasteiger partial charge in [0, 0.05) is 74.3 Å². The van der Waals surface area contributed by atoms with E-state index in [1.54, 1.807) is 0 Å². The first-order valence-corrected chi connectivity index (χ1v) is 50.8. The standard InChI is InChI=1S/C55H40N2.2C44H33N.CH4/c1-39-22-29-47(30-23-39)55(46-18-9-4-10-19-46)51-20-11-21-53(54(51)50-35-28-44(37-52(50)55)45-17-12-36-56-38-45)57(48-31-24-42(25-32-48)40-13-5-2-6-14-40)49-33-26-43(27-34-49)41-15-7-3-8-16-41;1-44(36-19-9-4-10-20-36)42-23-12-11-22-40(42)41-31-39(28-29-43(41)44)45(37-26-24-34(25-27-37)32-14-5-2-6-15-32)38-21-13-18-35(30-38)33-16-7-3-8-17-33;1-44(36-17-9-4-10-18-36)42-20-12-11-19-40(42)41-31-39(29-30-43(41)44)45(37-25-21-34(22-26-37)32-13-5-2-6-14-32)38-27-23-35(24-28-38)33-15-7-3-8-16-33;/h2-38H,1H3;2*2-31H,1H3;1H4. The van der Waals surface area contributed by atoms with Crippen LogP contribution in [0.3, 0.4) is 0 Å². The molecule has 0 bridgehead atoms. The number of benzene rings is 22. The largest absolute Gasteiger partial charge is 0.310 e. The second kappa shape index (κ2) is 40.7. The Hall–Kier alpha value is -18.6. The van der Waals surface area contributed by atoms with Gasteiger partial charge in [-0.15, -0.1) is 0 Å². The average molecular weight is 1900 g/mol. The highest BCUT2D eigenvalue weighted by molar-refractivity contribution is 6.00. The Morgan fingerprint density at radius 1 is 0.176 bits per heavy atom. The Balaban J connectivity index is 0.000000123. The van der Waals surface area contributed by atoms with E-state index in [1.807, 2.05) is 18.5 Å². The number of hydrogen-bond acceptors (Lipinski definition) is 4. The van der Waals surface area contributed by atoms with Crippen molar-refractivity contribution < 1.29 is 0 Å². The van der Waals surface area contributed by atoms with Crippen molar-refractivity contribution in [3.8, 4) is 111 Å². The molecule has 4 heteroatoms. The smallest absolute Gasteiger partial charge is 0.0714 e. The number of fused-ring (bicyclic) bond motifs is 9. The number of anilines is 9. The van der Waals surface area contributed by atoms with Crippen LogP contribution in [0.5, 0.6) is 0 Å². The minimum absolute atomic E-state index is 0. The second-order valence-corrected chi connectivity index (χ2v) is 38.7. The molecule has 22 aromatic carbocycles. The molecule has 0 saturated heterocycles. The van der Waals surface area contributed by atoms with E-state index < -0.39 is 5.41 Å². The maximum atomic E-state index is 4.51. The van der Waals surface area contributed by atoms with Crippen LogP contribution in [0.25, 0.3) is 111 Å². The lowest BCUT2D eigenvalue weighted by molar-refractivity contribution is 0.714. The van der Waals surface area contributed by atoms with E-state index in [-0.39, 0.29) is 18.3 Å². The van der Waals surface area contributed by atoms with Gasteiger partial charge in [-0.25, -0.2) is 0 Å². The molecule has 706 valence electrons. The van der Waals surface area contributed by atoms with Crippen molar-refractivity contribution in [2.75, 3.05) is 14.7 Å². The van der Waals surface area contributed by atoms with Crippen LogP contribution in [-0.4, -0.2) is 4.98 Å². The molecular weight excluding hydrogens is 1790 g/mol. The lowest BCUT2D eigenvalue weighted by atomic mass is 9.67. The van der Waals surface area contributed by atoms with Gasteiger partial charge in [-0.1, -0.05) is 474 Å². The summed E-state index contributed by atoms with van der Waals surface area (Å²) in [6.07, 6.45) is 3.80. The molecule has 0 fully saturated rings. The fraction of sp³-hybridized carbons (Fsp3) is 0.0486. The van der Waals surface area contributed by atoms with Gasteiger partial charge in [-0.2, -0.15) is 0 Å². The predicted octanol–water partition coefficient (Wildman–Crippen LogP) is 38.5. The van der Waals surface area contributed by atoms with Gasteiger partial charge < -0.3 is 14.7 Å². The van der Waals surface area contributed by atoms with Crippen LogP contribution in [0.1, 0.15) is 82.5 Å². The third kappa shape index (κ3) is 17.4.